The second-order valence-electron chi connectivity index (χ2n) is 2.92. The number of halogens is 1. The van der Waals surface area contributed by atoms with Crippen LogP contribution in [0, 0.1) is 0 Å². The lowest BCUT2D eigenvalue weighted by Gasteiger charge is -1.96. The number of thiophene rings is 1. The molecule has 0 amide bonds. The molecule has 0 spiro atoms. The molecule has 0 saturated carbocycles. The summed E-state index contributed by atoms with van der Waals surface area (Å²) in [6, 6.07) is 4.08. The molecule has 0 saturated heterocycles. The number of rotatable bonds is 2. The van der Waals surface area contributed by atoms with Gasteiger partial charge in [0.25, 0.3) is 0 Å². The predicted molar refractivity (Wildman–Crippen MR) is 63.4 cm³/mol. The van der Waals surface area contributed by atoms with E-state index in [9.17, 15) is 0 Å². The summed E-state index contributed by atoms with van der Waals surface area (Å²) in [5.41, 5.74) is 7.89. The first-order valence-electron chi connectivity index (χ1n) is 4.30. The standard InChI is InChI=1S/C9H10BrN3S/c1-2-5-8(12-13-9(5)11)6-3-4-7(10)14-6/h3-4H,2H2,1H3,(H3,11,12,13). The van der Waals surface area contributed by atoms with Gasteiger partial charge in [-0.2, -0.15) is 5.10 Å². The molecule has 3 nitrogen and oxygen atoms in total. The number of aromatic amines is 1. The van der Waals surface area contributed by atoms with Crippen molar-refractivity contribution in [2.24, 2.45) is 0 Å². The highest BCUT2D eigenvalue weighted by atomic mass is 79.9. The zero-order valence-corrected chi connectivity index (χ0v) is 10.1. The molecule has 2 aromatic heterocycles. The van der Waals surface area contributed by atoms with Gasteiger partial charge >= 0.3 is 0 Å². The van der Waals surface area contributed by atoms with E-state index in [0.29, 0.717) is 5.82 Å². The van der Waals surface area contributed by atoms with E-state index < -0.39 is 0 Å². The Kier molecular flexibility index (Phi) is 2.60. The first-order valence-corrected chi connectivity index (χ1v) is 5.91. The molecule has 14 heavy (non-hydrogen) atoms. The van der Waals surface area contributed by atoms with Crippen LogP contribution in [0.3, 0.4) is 0 Å². The van der Waals surface area contributed by atoms with Crippen LogP contribution < -0.4 is 5.73 Å². The molecule has 3 N–H and O–H groups in total. The Morgan fingerprint density at radius 3 is 2.93 bits per heavy atom. The summed E-state index contributed by atoms with van der Waals surface area (Å²) in [6.07, 6.45) is 0.896. The molecule has 0 aliphatic rings. The molecule has 74 valence electrons. The summed E-state index contributed by atoms with van der Waals surface area (Å²) in [4.78, 5) is 1.16. The summed E-state index contributed by atoms with van der Waals surface area (Å²) in [7, 11) is 0. The molecule has 0 bridgehead atoms. The van der Waals surface area contributed by atoms with E-state index in [4.69, 9.17) is 5.73 Å². The Morgan fingerprint density at radius 2 is 2.36 bits per heavy atom. The van der Waals surface area contributed by atoms with Gasteiger partial charge < -0.3 is 5.73 Å². The van der Waals surface area contributed by atoms with Crippen LogP contribution >= 0.6 is 27.3 Å². The van der Waals surface area contributed by atoms with E-state index in [0.717, 1.165) is 26.3 Å². The fraction of sp³-hybridized carbons (Fsp3) is 0.222. The van der Waals surface area contributed by atoms with Crippen LogP contribution in [-0.2, 0) is 6.42 Å². The molecule has 0 unspecified atom stereocenters. The largest absolute Gasteiger partial charge is 0.382 e. The number of hydrogen-bond donors (Lipinski definition) is 2. The molecule has 0 fully saturated rings. The molecule has 2 heterocycles. The van der Waals surface area contributed by atoms with Gasteiger partial charge in [0.2, 0.25) is 0 Å². The Bertz CT molecular complexity index is 447. The van der Waals surface area contributed by atoms with Crippen molar-refractivity contribution < 1.29 is 0 Å². The van der Waals surface area contributed by atoms with E-state index in [-0.39, 0.29) is 0 Å². The van der Waals surface area contributed by atoms with Crippen molar-refractivity contribution in [2.45, 2.75) is 13.3 Å². The van der Waals surface area contributed by atoms with Gasteiger partial charge in [-0.3, -0.25) is 5.10 Å². The van der Waals surface area contributed by atoms with E-state index >= 15 is 0 Å². The molecular weight excluding hydrogens is 262 g/mol. The number of nitrogens with one attached hydrogen (secondary N) is 1. The van der Waals surface area contributed by atoms with Gasteiger partial charge in [-0.05, 0) is 34.5 Å². The van der Waals surface area contributed by atoms with Crippen molar-refractivity contribution in [2.75, 3.05) is 5.73 Å². The smallest absolute Gasteiger partial charge is 0.149 e. The number of aromatic nitrogens is 2. The zero-order valence-electron chi connectivity index (χ0n) is 7.67. The highest BCUT2D eigenvalue weighted by Gasteiger charge is 2.11. The molecule has 0 aliphatic carbocycles. The first kappa shape index (κ1) is 9.73. The van der Waals surface area contributed by atoms with E-state index in [1.54, 1.807) is 11.3 Å². The molecular formula is C9H10BrN3S. The number of anilines is 1. The maximum atomic E-state index is 5.75. The van der Waals surface area contributed by atoms with Crippen molar-refractivity contribution in [1.82, 2.24) is 10.2 Å². The Balaban J connectivity index is 2.51. The average molecular weight is 272 g/mol. The van der Waals surface area contributed by atoms with Crippen LogP contribution in [0.25, 0.3) is 10.6 Å². The predicted octanol–water partition coefficient (Wildman–Crippen LogP) is 3.05. The van der Waals surface area contributed by atoms with Crippen LogP contribution in [0.5, 0.6) is 0 Å². The first-order chi connectivity index (χ1) is 6.72. The fourth-order valence-corrected chi connectivity index (χ4v) is 2.80. The summed E-state index contributed by atoms with van der Waals surface area (Å²) in [6.45, 7) is 2.08. The average Bonchev–Trinajstić information content (AvgIpc) is 2.71. The van der Waals surface area contributed by atoms with Crippen LogP contribution in [0.2, 0.25) is 0 Å². The van der Waals surface area contributed by atoms with Crippen molar-refractivity contribution in [3.63, 3.8) is 0 Å². The Labute approximate surface area is 94.5 Å². The van der Waals surface area contributed by atoms with E-state index in [1.807, 2.05) is 6.07 Å². The van der Waals surface area contributed by atoms with Crippen LogP contribution in [0.1, 0.15) is 12.5 Å². The summed E-state index contributed by atoms with van der Waals surface area (Å²) in [5.74, 6) is 0.604. The topological polar surface area (TPSA) is 54.7 Å². The number of nitrogens with two attached hydrogens (primary N) is 1. The van der Waals surface area contributed by atoms with Gasteiger partial charge in [0.05, 0.1) is 14.4 Å². The minimum absolute atomic E-state index is 0.604. The van der Waals surface area contributed by atoms with Crippen molar-refractivity contribution >= 4 is 33.1 Å². The van der Waals surface area contributed by atoms with Crippen molar-refractivity contribution in [3.8, 4) is 10.6 Å². The van der Waals surface area contributed by atoms with Gasteiger partial charge in [0, 0.05) is 5.56 Å². The third-order valence-corrected chi connectivity index (χ3v) is 3.71. The normalized spacial score (nSPS) is 10.7. The second-order valence-corrected chi connectivity index (χ2v) is 5.38. The number of nitrogens with zero attached hydrogens (tertiary/aromatic N) is 1. The van der Waals surface area contributed by atoms with Gasteiger partial charge in [-0.15, -0.1) is 11.3 Å². The summed E-state index contributed by atoms with van der Waals surface area (Å²) in [5, 5.41) is 6.99. The highest BCUT2D eigenvalue weighted by molar-refractivity contribution is 9.11. The van der Waals surface area contributed by atoms with Gasteiger partial charge in [0.1, 0.15) is 5.82 Å². The fourth-order valence-electron chi connectivity index (χ4n) is 1.39. The number of H-pyrrole nitrogens is 1. The Hall–Kier alpha value is -0.810. The maximum absolute atomic E-state index is 5.75. The van der Waals surface area contributed by atoms with Crippen LogP contribution in [0.15, 0.2) is 15.9 Å². The monoisotopic (exact) mass is 271 g/mol. The SMILES string of the molecule is CCc1c(N)n[nH]c1-c1ccc(Br)s1. The molecule has 0 atom stereocenters. The zero-order chi connectivity index (χ0) is 10.1. The number of hydrogen-bond acceptors (Lipinski definition) is 3. The molecule has 0 aromatic carbocycles. The highest BCUT2D eigenvalue weighted by Crippen LogP contribution is 2.33. The second kappa shape index (κ2) is 3.74. The van der Waals surface area contributed by atoms with Gasteiger partial charge in [-0.1, -0.05) is 6.92 Å². The number of nitrogen functional groups attached to an aromatic ring is 1. The van der Waals surface area contributed by atoms with Crippen LogP contribution in [-0.4, -0.2) is 10.2 Å². The van der Waals surface area contributed by atoms with E-state index in [1.165, 1.54) is 0 Å². The van der Waals surface area contributed by atoms with Gasteiger partial charge in [0.15, 0.2) is 0 Å². The summed E-state index contributed by atoms with van der Waals surface area (Å²) >= 11 is 5.11. The lowest BCUT2D eigenvalue weighted by atomic mass is 10.1. The molecule has 5 heteroatoms. The maximum Gasteiger partial charge on any atom is 0.149 e. The van der Waals surface area contributed by atoms with E-state index in [2.05, 4.69) is 39.1 Å². The summed E-state index contributed by atoms with van der Waals surface area (Å²) < 4.78 is 1.11. The Morgan fingerprint density at radius 1 is 1.57 bits per heavy atom. The minimum Gasteiger partial charge on any atom is -0.382 e. The lowest BCUT2D eigenvalue weighted by molar-refractivity contribution is 1.11. The van der Waals surface area contributed by atoms with Crippen molar-refractivity contribution in [1.29, 1.82) is 0 Å². The molecule has 2 rings (SSSR count). The quantitative estimate of drug-likeness (QED) is 0.882. The molecule has 0 radical (unpaired) electrons. The third kappa shape index (κ3) is 1.57. The minimum atomic E-state index is 0.604. The van der Waals surface area contributed by atoms with Gasteiger partial charge in [-0.25, -0.2) is 0 Å². The van der Waals surface area contributed by atoms with Crippen molar-refractivity contribution in [3.05, 3.63) is 21.5 Å². The molecule has 2 aromatic rings. The lowest BCUT2D eigenvalue weighted by Crippen LogP contribution is -1.90. The third-order valence-electron chi connectivity index (χ3n) is 2.07. The van der Waals surface area contributed by atoms with Crippen LogP contribution in [0.4, 0.5) is 5.82 Å². The molecule has 0 aliphatic heterocycles.